The van der Waals surface area contributed by atoms with Gasteiger partial charge in [-0.25, -0.2) is 0 Å². The van der Waals surface area contributed by atoms with E-state index < -0.39 is 0 Å². The lowest BCUT2D eigenvalue weighted by Gasteiger charge is -2.35. The molecule has 1 unspecified atom stereocenters. The van der Waals surface area contributed by atoms with E-state index in [2.05, 4.69) is 19.2 Å². The van der Waals surface area contributed by atoms with Crippen LogP contribution in [0.15, 0.2) is 18.2 Å². The average Bonchev–Trinajstić information content (AvgIpc) is 2.35. The van der Waals surface area contributed by atoms with E-state index >= 15 is 0 Å². The summed E-state index contributed by atoms with van der Waals surface area (Å²) in [5.41, 5.74) is 1.15. The van der Waals surface area contributed by atoms with Gasteiger partial charge in [-0.3, -0.25) is 10.1 Å². The van der Waals surface area contributed by atoms with Crippen molar-refractivity contribution >= 4 is 17.3 Å². The van der Waals surface area contributed by atoms with Crippen molar-refractivity contribution in [3.05, 3.63) is 38.9 Å². The molecule has 1 N–H and O–H groups in total. The molecule has 110 valence electrons. The fourth-order valence-corrected chi connectivity index (χ4v) is 3.20. The number of benzene rings is 1. The summed E-state index contributed by atoms with van der Waals surface area (Å²) in [6.07, 6.45) is 4.71. The Morgan fingerprint density at radius 2 is 2.25 bits per heavy atom. The number of nitrogens with one attached hydrogen (secondary N) is 1. The molecule has 0 radical (unpaired) electrons. The zero-order valence-electron chi connectivity index (χ0n) is 12.0. The quantitative estimate of drug-likeness (QED) is 0.665. The van der Waals surface area contributed by atoms with Crippen LogP contribution in [0, 0.1) is 15.5 Å². The van der Waals surface area contributed by atoms with Crippen molar-refractivity contribution in [1.82, 2.24) is 5.32 Å². The second-order valence-corrected chi connectivity index (χ2v) is 6.80. The Balaban J connectivity index is 2.03. The third kappa shape index (κ3) is 3.93. The summed E-state index contributed by atoms with van der Waals surface area (Å²) in [6, 6.07) is 5.15. The topological polar surface area (TPSA) is 55.2 Å². The molecule has 20 heavy (non-hydrogen) atoms. The number of nitro groups is 1. The Morgan fingerprint density at radius 1 is 1.50 bits per heavy atom. The van der Waals surface area contributed by atoms with Gasteiger partial charge in [0.25, 0.3) is 5.69 Å². The maximum Gasteiger partial charge on any atom is 0.273 e. The lowest BCUT2D eigenvalue weighted by Crippen LogP contribution is -2.36. The summed E-state index contributed by atoms with van der Waals surface area (Å²) in [4.78, 5) is 10.7. The summed E-state index contributed by atoms with van der Waals surface area (Å²) in [5, 5.41) is 15.0. The first-order chi connectivity index (χ1) is 9.37. The fraction of sp³-hybridized carbons (Fsp3) is 0.600. The number of hydrogen-bond donors (Lipinski definition) is 1. The molecular formula is C15H21ClN2O2. The van der Waals surface area contributed by atoms with Gasteiger partial charge < -0.3 is 5.32 Å². The minimum absolute atomic E-state index is 0.136. The molecule has 1 saturated carbocycles. The molecule has 0 aliphatic heterocycles. The number of halogens is 1. The maximum atomic E-state index is 11.0. The van der Waals surface area contributed by atoms with Crippen LogP contribution in [-0.2, 0) is 6.54 Å². The SMILES string of the molecule is CC1(C)CCCC(NCc2cc(Cl)ccc2[N+](=O)[O-])C1. The summed E-state index contributed by atoms with van der Waals surface area (Å²) in [6.45, 7) is 5.06. The maximum absolute atomic E-state index is 11.0. The van der Waals surface area contributed by atoms with E-state index in [0.717, 1.165) is 12.8 Å². The highest BCUT2D eigenvalue weighted by atomic mass is 35.5. The molecule has 0 heterocycles. The highest BCUT2D eigenvalue weighted by molar-refractivity contribution is 6.30. The fourth-order valence-electron chi connectivity index (χ4n) is 3.00. The van der Waals surface area contributed by atoms with Crippen LogP contribution in [0.4, 0.5) is 5.69 Å². The van der Waals surface area contributed by atoms with Crippen molar-refractivity contribution in [3.8, 4) is 0 Å². The molecule has 4 nitrogen and oxygen atoms in total. The van der Waals surface area contributed by atoms with Crippen LogP contribution >= 0.6 is 11.6 Å². The van der Waals surface area contributed by atoms with Crippen molar-refractivity contribution in [2.75, 3.05) is 0 Å². The highest BCUT2D eigenvalue weighted by Gasteiger charge is 2.28. The number of nitrogens with zero attached hydrogens (tertiary/aromatic N) is 1. The van der Waals surface area contributed by atoms with Crippen LogP contribution < -0.4 is 5.32 Å². The summed E-state index contributed by atoms with van der Waals surface area (Å²) < 4.78 is 0. The monoisotopic (exact) mass is 296 g/mol. The zero-order chi connectivity index (χ0) is 14.8. The molecule has 2 rings (SSSR count). The third-order valence-electron chi connectivity index (χ3n) is 4.02. The summed E-state index contributed by atoms with van der Waals surface area (Å²) in [5.74, 6) is 0. The van der Waals surface area contributed by atoms with Crippen LogP contribution in [-0.4, -0.2) is 11.0 Å². The van der Waals surface area contributed by atoms with Crippen LogP contribution in [0.2, 0.25) is 5.02 Å². The summed E-state index contributed by atoms with van der Waals surface area (Å²) in [7, 11) is 0. The van der Waals surface area contributed by atoms with E-state index in [1.54, 1.807) is 12.1 Å². The smallest absolute Gasteiger partial charge is 0.273 e. The standard InChI is InChI=1S/C15H21ClN2O2/c1-15(2)7-3-4-13(9-15)17-10-11-8-12(16)5-6-14(11)18(19)20/h5-6,8,13,17H,3-4,7,9-10H2,1-2H3. The molecule has 0 amide bonds. The Hall–Kier alpha value is -1.13. The largest absolute Gasteiger partial charge is 0.310 e. The van der Waals surface area contributed by atoms with E-state index in [1.807, 2.05) is 0 Å². The molecule has 0 saturated heterocycles. The van der Waals surface area contributed by atoms with Gasteiger partial charge in [-0.2, -0.15) is 0 Å². The molecule has 1 aromatic rings. The van der Waals surface area contributed by atoms with E-state index in [9.17, 15) is 10.1 Å². The molecule has 0 aromatic heterocycles. The van der Waals surface area contributed by atoms with Gasteiger partial charge >= 0.3 is 0 Å². The zero-order valence-corrected chi connectivity index (χ0v) is 12.7. The molecule has 1 aliphatic carbocycles. The van der Waals surface area contributed by atoms with Crippen molar-refractivity contribution in [3.63, 3.8) is 0 Å². The van der Waals surface area contributed by atoms with E-state index in [0.29, 0.717) is 28.6 Å². The summed E-state index contributed by atoms with van der Waals surface area (Å²) >= 11 is 5.94. The van der Waals surface area contributed by atoms with Crippen molar-refractivity contribution in [2.45, 2.75) is 52.1 Å². The van der Waals surface area contributed by atoms with Crippen LogP contribution in [0.3, 0.4) is 0 Å². The van der Waals surface area contributed by atoms with Gasteiger partial charge in [-0.15, -0.1) is 0 Å². The first-order valence-corrected chi connectivity index (χ1v) is 7.41. The van der Waals surface area contributed by atoms with Crippen molar-refractivity contribution < 1.29 is 4.92 Å². The van der Waals surface area contributed by atoms with Crippen LogP contribution in [0.1, 0.15) is 45.1 Å². The molecule has 1 aromatic carbocycles. The third-order valence-corrected chi connectivity index (χ3v) is 4.26. The Morgan fingerprint density at radius 3 is 2.90 bits per heavy atom. The van der Waals surface area contributed by atoms with Gasteiger partial charge in [0, 0.05) is 29.2 Å². The lowest BCUT2D eigenvalue weighted by molar-refractivity contribution is -0.385. The molecule has 1 aliphatic rings. The molecule has 5 heteroatoms. The Labute approximate surface area is 124 Å². The minimum Gasteiger partial charge on any atom is -0.310 e. The average molecular weight is 297 g/mol. The number of rotatable bonds is 4. The second kappa shape index (κ2) is 6.10. The van der Waals surface area contributed by atoms with E-state index in [4.69, 9.17) is 11.6 Å². The molecule has 1 atom stereocenters. The Kier molecular flexibility index (Phi) is 4.66. The first kappa shape index (κ1) is 15.3. The van der Waals surface area contributed by atoms with Gasteiger partial charge in [-0.1, -0.05) is 31.9 Å². The highest BCUT2D eigenvalue weighted by Crippen LogP contribution is 2.35. The van der Waals surface area contributed by atoms with E-state index in [-0.39, 0.29) is 10.6 Å². The van der Waals surface area contributed by atoms with Crippen molar-refractivity contribution in [2.24, 2.45) is 5.41 Å². The first-order valence-electron chi connectivity index (χ1n) is 7.04. The van der Waals surface area contributed by atoms with Gasteiger partial charge in [0.05, 0.1) is 4.92 Å². The van der Waals surface area contributed by atoms with E-state index in [1.165, 1.54) is 18.9 Å². The van der Waals surface area contributed by atoms with Gasteiger partial charge in [0.15, 0.2) is 0 Å². The van der Waals surface area contributed by atoms with Crippen LogP contribution in [0.25, 0.3) is 0 Å². The predicted octanol–water partition coefficient (Wildman–Crippen LogP) is 4.31. The predicted molar refractivity (Wildman–Crippen MR) is 81.0 cm³/mol. The number of hydrogen-bond acceptors (Lipinski definition) is 3. The normalized spacial score (nSPS) is 21.6. The molecule has 1 fully saturated rings. The number of nitro benzene ring substituents is 1. The molecule has 0 spiro atoms. The van der Waals surface area contributed by atoms with Crippen LogP contribution in [0.5, 0.6) is 0 Å². The van der Waals surface area contributed by atoms with Gasteiger partial charge in [-0.05, 0) is 36.8 Å². The van der Waals surface area contributed by atoms with Gasteiger partial charge in [0.1, 0.15) is 0 Å². The van der Waals surface area contributed by atoms with Gasteiger partial charge in [0.2, 0.25) is 0 Å². The molecular weight excluding hydrogens is 276 g/mol. The Bertz CT molecular complexity index is 503. The van der Waals surface area contributed by atoms with Crippen molar-refractivity contribution in [1.29, 1.82) is 0 Å². The molecule has 0 bridgehead atoms. The minimum atomic E-state index is -0.349. The lowest BCUT2D eigenvalue weighted by atomic mass is 9.75. The second-order valence-electron chi connectivity index (χ2n) is 6.37.